The first-order chi connectivity index (χ1) is 26.8. The van der Waals surface area contributed by atoms with E-state index in [4.69, 9.17) is 19.9 Å². The highest BCUT2D eigenvalue weighted by molar-refractivity contribution is 5.93. The molecule has 0 aliphatic heterocycles. The Morgan fingerprint density at radius 2 is 1.42 bits per heavy atom. The number of fused-ring (bicyclic) bond motifs is 1. The summed E-state index contributed by atoms with van der Waals surface area (Å²) in [6.07, 6.45) is 2.01. The maximum absolute atomic E-state index is 14.0. The van der Waals surface area contributed by atoms with Gasteiger partial charge in [-0.15, -0.1) is 0 Å². The minimum Gasteiger partial charge on any atom is -0.489 e. The van der Waals surface area contributed by atoms with E-state index in [1.807, 2.05) is 91.9 Å². The summed E-state index contributed by atoms with van der Waals surface area (Å²) in [5, 5.41) is 3.68. The third-order valence-corrected chi connectivity index (χ3v) is 9.82. The number of carbonyl (C=O) groups is 2. The zero-order valence-corrected chi connectivity index (χ0v) is 32.0. The molecule has 55 heavy (non-hydrogen) atoms. The number of carbonyl (C=O) groups excluding carboxylic acids is 2. The molecule has 284 valence electrons. The van der Waals surface area contributed by atoms with E-state index in [0.717, 1.165) is 67.7 Å². The summed E-state index contributed by atoms with van der Waals surface area (Å²) in [4.78, 5) is 30.3. The van der Waals surface area contributed by atoms with Crippen molar-refractivity contribution in [2.24, 2.45) is 11.7 Å². The summed E-state index contributed by atoms with van der Waals surface area (Å²) in [5.41, 5.74) is 15.9. The number of ether oxygens (including phenoxy) is 3. The number of rotatable bonds is 17. The van der Waals surface area contributed by atoms with Gasteiger partial charge in [0.05, 0.1) is 11.6 Å². The first-order valence-corrected chi connectivity index (χ1v) is 19.2. The van der Waals surface area contributed by atoms with Gasteiger partial charge in [-0.2, -0.15) is 0 Å². The van der Waals surface area contributed by atoms with Crippen LogP contribution < -0.4 is 20.5 Å². The number of aryl methyl sites for hydroxylation is 3. The molecule has 0 saturated carbocycles. The number of hydrogen-bond acceptors (Lipinski definition) is 6. The highest BCUT2D eigenvalue weighted by atomic mass is 16.6. The Bertz CT molecular complexity index is 2140. The lowest BCUT2D eigenvalue weighted by Gasteiger charge is -2.23. The van der Waals surface area contributed by atoms with Crippen molar-refractivity contribution in [3.05, 3.63) is 155 Å². The van der Waals surface area contributed by atoms with Crippen LogP contribution in [0, 0.1) is 19.8 Å². The second kappa shape index (κ2) is 18.9. The average molecular weight is 738 g/mol. The lowest BCUT2D eigenvalue weighted by atomic mass is 9.83. The number of nitrogens with one attached hydrogen (secondary N) is 2. The Labute approximate surface area is 324 Å². The average Bonchev–Trinajstić information content (AvgIpc) is 3.58. The second-order valence-electron chi connectivity index (χ2n) is 14.2. The number of nitrogens with two attached hydrogens (primary N) is 1. The minimum atomic E-state index is -0.500. The highest BCUT2D eigenvalue weighted by Crippen LogP contribution is 2.41. The van der Waals surface area contributed by atoms with E-state index in [1.54, 1.807) is 6.07 Å². The lowest BCUT2D eigenvalue weighted by molar-refractivity contribution is -0.150. The van der Waals surface area contributed by atoms with Gasteiger partial charge in [0.2, 0.25) is 0 Å². The van der Waals surface area contributed by atoms with Crippen molar-refractivity contribution in [3.63, 3.8) is 0 Å². The van der Waals surface area contributed by atoms with E-state index in [2.05, 4.69) is 54.5 Å². The molecule has 2 atom stereocenters. The molecule has 0 saturated heterocycles. The molecule has 8 nitrogen and oxygen atoms in total. The molecule has 1 aromatic heterocycles. The summed E-state index contributed by atoms with van der Waals surface area (Å²) in [6, 6.07) is 40.0. The third-order valence-electron chi connectivity index (χ3n) is 9.82. The maximum atomic E-state index is 14.0. The van der Waals surface area contributed by atoms with Crippen molar-refractivity contribution in [1.29, 1.82) is 0 Å². The molecular weight excluding hydrogens is 687 g/mol. The topological polar surface area (TPSA) is 116 Å². The SMILES string of the molecule is CCCNC(=O)Oc1ccc2[nH]c(-c3cc(C)cc(C)c3)c(C(CN)CC(CCc3ccc(OCc4ccccc4)cc3)C(=O)OCc3ccccc3)c2c1. The number of hydrogen-bond donors (Lipinski definition) is 3. The number of amides is 1. The van der Waals surface area contributed by atoms with Crippen LogP contribution >= 0.6 is 0 Å². The van der Waals surface area contributed by atoms with Gasteiger partial charge in [0.1, 0.15) is 24.7 Å². The molecule has 8 heteroatoms. The molecule has 0 fully saturated rings. The largest absolute Gasteiger partial charge is 0.489 e. The van der Waals surface area contributed by atoms with Gasteiger partial charge in [0.25, 0.3) is 0 Å². The van der Waals surface area contributed by atoms with Crippen molar-refractivity contribution >= 4 is 23.0 Å². The van der Waals surface area contributed by atoms with Crippen LogP contribution in [0.2, 0.25) is 0 Å². The molecule has 0 radical (unpaired) electrons. The van der Waals surface area contributed by atoms with Crippen molar-refractivity contribution < 1.29 is 23.8 Å². The Hall–Kier alpha value is -5.86. The standard InChI is InChI=1S/C47H51N3O5/c1-4-23-49-47(52)55-41-21-22-43-42(28-41)44(45(50-43)38-25-32(2)24-33(3)26-38)39(29-48)27-37(46(51)54-31-36-13-9-6-10-14-36)18-15-34-16-19-40(20-17-34)53-30-35-11-7-5-8-12-35/h5-14,16-17,19-22,24-26,28,37,39,50H,4,15,18,23,27,29-31,48H2,1-3H3,(H,49,52). The second-order valence-corrected chi connectivity index (χ2v) is 14.2. The van der Waals surface area contributed by atoms with Crippen LogP contribution in [0.5, 0.6) is 11.5 Å². The molecule has 2 unspecified atom stereocenters. The van der Waals surface area contributed by atoms with Crippen LogP contribution in [-0.2, 0) is 29.2 Å². The minimum absolute atomic E-state index is 0.193. The fourth-order valence-corrected chi connectivity index (χ4v) is 7.08. The number of H-pyrrole nitrogens is 1. The number of benzene rings is 5. The molecule has 1 amide bonds. The molecule has 1 heterocycles. The molecule has 4 N–H and O–H groups in total. The zero-order chi connectivity index (χ0) is 38.6. The molecule has 0 spiro atoms. The van der Waals surface area contributed by atoms with Crippen molar-refractivity contribution in [1.82, 2.24) is 10.3 Å². The number of esters is 1. The van der Waals surface area contributed by atoms with E-state index < -0.39 is 12.0 Å². The predicted molar refractivity (Wildman–Crippen MR) is 219 cm³/mol. The van der Waals surface area contributed by atoms with Crippen molar-refractivity contribution in [2.45, 2.75) is 65.6 Å². The quantitative estimate of drug-likeness (QED) is 0.0803. The smallest absolute Gasteiger partial charge is 0.412 e. The van der Waals surface area contributed by atoms with Crippen LogP contribution in [0.25, 0.3) is 22.2 Å². The van der Waals surface area contributed by atoms with Crippen LogP contribution in [0.15, 0.2) is 121 Å². The van der Waals surface area contributed by atoms with Crippen LogP contribution in [0.1, 0.15) is 65.5 Å². The number of aromatic nitrogens is 1. The molecule has 0 aliphatic carbocycles. The van der Waals surface area contributed by atoms with Crippen LogP contribution in [0.3, 0.4) is 0 Å². The summed E-state index contributed by atoms with van der Waals surface area (Å²) in [6.45, 7) is 7.66. The van der Waals surface area contributed by atoms with Gasteiger partial charge in [0.15, 0.2) is 0 Å². The van der Waals surface area contributed by atoms with Gasteiger partial charge in [-0.3, -0.25) is 4.79 Å². The summed E-state index contributed by atoms with van der Waals surface area (Å²) < 4.78 is 17.7. The summed E-state index contributed by atoms with van der Waals surface area (Å²) in [7, 11) is 0. The van der Waals surface area contributed by atoms with Crippen LogP contribution in [-0.4, -0.2) is 30.1 Å². The van der Waals surface area contributed by atoms with E-state index in [1.165, 1.54) is 0 Å². The third kappa shape index (κ3) is 10.6. The van der Waals surface area contributed by atoms with Gasteiger partial charge in [-0.05, 0) is 122 Å². The molecular formula is C47H51N3O5. The predicted octanol–water partition coefficient (Wildman–Crippen LogP) is 9.95. The summed E-state index contributed by atoms with van der Waals surface area (Å²) in [5.74, 6) is 0.298. The number of aromatic amines is 1. The van der Waals surface area contributed by atoms with E-state index in [0.29, 0.717) is 44.7 Å². The fraction of sp³-hybridized carbons (Fsp3) is 0.277. The Balaban J connectivity index is 1.29. The first kappa shape index (κ1) is 38.9. The molecule has 0 aliphatic rings. The normalized spacial score (nSPS) is 12.2. The Morgan fingerprint density at radius 3 is 2.07 bits per heavy atom. The molecule has 5 aromatic carbocycles. The molecule has 6 rings (SSSR count). The van der Waals surface area contributed by atoms with Gasteiger partial charge < -0.3 is 30.2 Å². The maximum Gasteiger partial charge on any atom is 0.412 e. The fourth-order valence-electron chi connectivity index (χ4n) is 7.08. The monoisotopic (exact) mass is 737 g/mol. The van der Waals surface area contributed by atoms with Crippen LogP contribution in [0.4, 0.5) is 4.79 Å². The van der Waals surface area contributed by atoms with Crippen molar-refractivity contribution in [3.8, 4) is 22.8 Å². The van der Waals surface area contributed by atoms with Crippen molar-refractivity contribution in [2.75, 3.05) is 13.1 Å². The Morgan fingerprint density at radius 1 is 0.764 bits per heavy atom. The Kier molecular flexibility index (Phi) is 13.4. The molecule has 6 aromatic rings. The van der Waals surface area contributed by atoms with E-state index in [-0.39, 0.29) is 18.5 Å². The lowest BCUT2D eigenvalue weighted by Crippen LogP contribution is -2.27. The molecule has 0 bridgehead atoms. The first-order valence-electron chi connectivity index (χ1n) is 19.2. The summed E-state index contributed by atoms with van der Waals surface area (Å²) >= 11 is 0. The van der Waals surface area contributed by atoms with Gasteiger partial charge in [-0.25, -0.2) is 4.79 Å². The van der Waals surface area contributed by atoms with E-state index in [9.17, 15) is 9.59 Å². The van der Waals surface area contributed by atoms with Gasteiger partial charge in [0, 0.05) is 17.4 Å². The van der Waals surface area contributed by atoms with E-state index >= 15 is 0 Å². The van der Waals surface area contributed by atoms with Gasteiger partial charge >= 0.3 is 12.1 Å². The highest BCUT2D eigenvalue weighted by Gasteiger charge is 2.29. The van der Waals surface area contributed by atoms with Gasteiger partial charge in [-0.1, -0.05) is 96.9 Å². The zero-order valence-electron chi connectivity index (χ0n) is 32.0.